The molecular formula is C21H16FN3O4. The minimum Gasteiger partial charge on any atom is -0.322 e. The Morgan fingerprint density at radius 2 is 1.59 bits per heavy atom. The van der Waals surface area contributed by atoms with E-state index in [4.69, 9.17) is 0 Å². The summed E-state index contributed by atoms with van der Waals surface area (Å²) in [6, 6.07) is 16.4. The third-order valence-corrected chi connectivity index (χ3v) is 4.18. The molecule has 8 heteroatoms. The number of amides is 2. The molecular weight excluding hydrogens is 377 g/mol. The van der Waals surface area contributed by atoms with E-state index in [1.54, 1.807) is 49.4 Å². The molecule has 2 N–H and O–H groups in total. The Morgan fingerprint density at radius 3 is 2.28 bits per heavy atom. The summed E-state index contributed by atoms with van der Waals surface area (Å²) >= 11 is 0. The van der Waals surface area contributed by atoms with Crippen molar-refractivity contribution in [3.05, 3.63) is 99.4 Å². The molecule has 29 heavy (non-hydrogen) atoms. The van der Waals surface area contributed by atoms with Crippen molar-refractivity contribution in [1.82, 2.24) is 0 Å². The van der Waals surface area contributed by atoms with Crippen LogP contribution in [0.1, 0.15) is 26.3 Å². The Balaban J connectivity index is 1.80. The average molecular weight is 393 g/mol. The maximum Gasteiger partial charge on any atom is 0.306 e. The van der Waals surface area contributed by atoms with Crippen molar-refractivity contribution in [2.45, 2.75) is 6.92 Å². The van der Waals surface area contributed by atoms with Crippen LogP contribution in [0.4, 0.5) is 21.5 Å². The van der Waals surface area contributed by atoms with Crippen molar-refractivity contribution < 1.29 is 18.9 Å². The number of nitrogens with zero attached hydrogens (tertiary/aromatic N) is 1. The maximum atomic E-state index is 13.4. The molecule has 0 aliphatic rings. The lowest BCUT2D eigenvalue weighted by Crippen LogP contribution is -2.15. The summed E-state index contributed by atoms with van der Waals surface area (Å²) in [7, 11) is 0. The number of anilines is 2. The fourth-order valence-corrected chi connectivity index (χ4v) is 2.62. The van der Waals surface area contributed by atoms with Crippen LogP contribution in [-0.4, -0.2) is 16.7 Å². The minimum absolute atomic E-state index is 0.0820. The molecule has 2 amide bonds. The predicted molar refractivity (Wildman–Crippen MR) is 107 cm³/mol. The maximum absolute atomic E-state index is 13.4. The zero-order valence-corrected chi connectivity index (χ0v) is 15.3. The smallest absolute Gasteiger partial charge is 0.306 e. The van der Waals surface area contributed by atoms with Crippen LogP contribution in [-0.2, 0) is 0 Å². The van der Waals surface area contributed by atoms with E-state index in [9.17, 15) is 24.1 Å². The molecule has 0 spiro atoms. The fourth-order valence-electron chi connectivity index (χ4n) is 2.62. The number of carbonyl (C=O) groups is 2. The lowest BCUT2D eigenvalue weighted by atomic mass is 10.1. The third kappa shape index (κ3) is 4.62. The SMILES string of the molecule is Cc1ccc(C(=O)Nc2ccc(F)c([N+](=O)[O-])c2)cc1NC(=O)c1ccccc1. The topological polar surface area (TPSA) is 101 Å². The Bertz CT molecular complexity index is 1100. The van der Waals surface area contributed by atoms with Gasteiger partial charge < -0.3 is 10.6 Å². The number of halogens is 1. The molecule has 3 rings (SSSR count). The van der Waals surface area contributed by atoms with Crippen LogP contribution in [0, 0.1) is 22.9 Å². The molecule has 0 aliphatic heterocycles. The second kappa shape index (κ2) is 8.30. The lowest BCUT2D eigenvalue weighted by Gasteiger charge is -2.11. The van der Waals surface area contributed by atoms with Gasteiger partial charge in [-0.2, -0.15) is 4.39 Å². The Hall–Kier alpha value is -4.07. The van der Waals surface area contributed by atoms with Crippen molar-refractivity contribution in [3.63, 3.8) is 0 Å². The van der Waals surface area contributed by atoms with E-state index in [0.717, 1.165) is 17.7 Å². The van der Waals surface area contributed by atoms with Crippen molar-refractivity contribution in [3.8, 4) is 0 Å². The standard InChI is InChI=1S/C21H16FN3O4/c1-13-7-8-15(11-18(13)24-20(26)14-5-3-2-4-6-14)21(27)23-16-9-10-17(22)19(12-16)25(28)29/h2-12H,1H3,(H,23,27)(H,24,26). The predicted octanol–water partition coefficient (Wildman–Crippen LogP) is 4.55. The second-order valence-electron chi connectivity index (χ2n) is 6.23. The Morgan fingerprint density at radius 1 is 0.897 bits per heavy atom. The highest BCUT2D eigenvalue weighted by molar-refractivity contribution is 6.07. The van der Waals surface area contributed by atoms with Gasteiger partial charge in [0.15, 0.2) is 0 Å². The normalized spacial score (nSPS) is 10.3. The largest absolute Gasteiger partial charge is 0.322 e. The summed E-state index contributed by atoms with van der Waals surface area (Å²) in [6.45, 7) is 1.78. The van der Waals surface area contributed by atoms with Gasteiger partial charge in [-0.05, 0) is 48.9 Å². The molecule has 0 radical (unpaired) electrons. The van der Waals surface area contributed by atoms with Crippen LogP contribution in [0.15, 0.2) is 66.7 Å². The summed E-state index contributed by atoms with van der Waals surface area (Å²) in [5, 5.41) is 16.1. The number of hydrogen-bond acceptors (Lipinski definition) is 4. The molecule has 0 unspecified atom stereocenters. The highest BCUT2D eigenvalue weighted by Crippen LogP contribution is 2.23. The quantitative estimate of drug-likeness (QED) is 0.490. The first-order valence-electron chi connectivity index (χ1n) is 8.57. The van der Waals surface area contributed by atoms with E-state index in [1.807, 2.05) is 0 Å². The van der Waals surface area contributed by atoms with Gasteiger partial charge in [0.05, 0.1) is 4.92 Å². The van der Waals surface area contributed by atoms with Gasteiger partial charge in [0.25, 0.3) is 11.8 Å². The molecule has 3 aromatic rings. The zero-order chi connectivity index (χ0) is 21.0. The number of nitro benzene ring substituents is 1. The first kappa shape index (κ1) is 19.7. The molecule has 3 aromatic carbocycles. The Kier molecular flexibility index (Phi) is 5.64. The number of benzene rings is 3. The molecule has 0 saturated carbocycles. The van der Waals surface area contributed by atoms with Crippen LogP contribution in [0.2, 0.25) is 0 Å². The highest BCUT2D eigenvalue weighted by atomic mass is 19.1. The number of aryl methyl sites for hydroxylation is 1. The molecule has 0 atom stereocenters. The van der Waals surface area contributed by atoms with Crippen molar-refractivity contribution >= 4 is 28.9 Å². The van der Waals surface area contributed by atoms with Crippen LogP contribution >= 0.6 is 0 Å². The summed E-state index contributed by atoms with van der Waals surface area (Å²) in [5.74, 6) is -1.87. The van der Waals surface area contributed by atoms with Crippen LogP contribution in [0.25, 0.3) is 0 Å². The molecule has 0 saturated heterocycles. The number of nitro groups is 1. The minimum atomic E-state index is -0.991. The number of carbonyl (C=O) groups excluding carboxylic acids is 2. The lowest BCUT2D eigenvalue weighted by molar-refractivity contribution is -0.387. The molecule has 0 bridgehead atoms. The van der Waals surface area contributed by atoms with E-state index in [0.29, 0.717) is 11.3 Å². The summed E-state index contributed by atoms with van der Waals surface area (Å²) in [6.07, 6.45) is 0. The summed E-state index contributed by atoms with van der Waals surface area (Å²) < 4.78 is 13.4. The highest BCUT2D eigenvalue weighted by Gasteiger charge is 2.16. The van der Waals surface area contributed by atoms with Crippen molar-refractivity contribution in [2.24, 2.45) is 0 Å². The summed E-state index contributed by atoms with van der Waals surface area (Å²) in [5.41, 5.74) is 1.26. The molecule has 0 aromatic heterocycles. The number of hydrogen-bond donors (Lipinski definition) is 2. The zero-order valence-electron chi connectivity index (χ0n) is 15.3. The molecule has 7 nitrogen and oxygen atoms in total. The first-order chi connectivity index (χ1) is 13.8. The molecule has 0 heterocycles. The Labute approximate surface area is 165 Å². The van der Waals surface area contributed by atoms with Crippen molar-refractivity contribution in [1.29, 1.82) is 0 Å². The van der Waals surface area contributed by atoms with Gasteiger partial charge >= 0.3 is 5.69 Å². The van der Waals surface area contributed by atoms with Gasteiger partial charge in [-0.25, -0.2) is 0 Å². The van der Waals surface area contributed by atoms with Crippen molar-refractivity contribution in [2.75, 3.05) is 10.6 Å². The fraction of sp³-hybridized carbons (Fsp3) is 0.0476. The molecule has 0 fully saturated rings. The average Bonchev–Trinajstić information content (AvgIpc) is 2.71. The van der Waals surface area contributed by atoms with E-state index in [1.165, 1.54) is 12.1 Å². The van der Waals surface area contributed by atoms with Gasteiger partial charge in [0.1, 0.15) is 0 Å². The molecule has 0 aliphatic carbocycles. The van der Waals surface area contributed by atoms with Gasteiger partial charge in [0.2, 0.25) is 5.82 Å². The molecule has 146 valence electrons. The van der Waals surface area contributed by atoms with E-state index in [-0.39, 0.29) is 17.2 Å². The monoisotopic (exact) mass is 393 g/mol. The van der Waals surface area contributed by atoms with Crippen LogP contribution < -0.4 is 10.6 Å². The van der Waals surface area contributed by atoms with Crippen LogP contribution in [0.3, 0.4) is 0 Å². The van der Waals surface area contributed by atoms with E-state index in [2.05, 4.69) is 10.6 Å². The van der Waals surface area contributed by atoms with Gasteiger partial charge in [-0.1, -0.05) is 24.3 Å². The van der Waals surface area contributed by atoms with Gasteiger partial charge in [0, 0.05) is 28.6 Å². The van der Waals surface area contributed by atoms with Gasteiger partial charge in [-0.3, -0.25) is 19.7 Å². The van der Waals surface area contributed by atoms with E-state index < -0.39 is 22.3 Å². The number of nitrogens with one attached hydrogen (secondary N) is 2. The number of rotatable bonds is 5. The first-order valence-corrected chi connectivity index (χ1v) is 8.57. The second-order valence-corrected chi connectivity index (χ2v) is 6.23. The summed E-state index contributed by atoms with van der Waals surface area (Å²) in [4.78, 5) is 34.8. The van der Waals surface area contributed by atoms with E-state index >= 15 is 0 Å². The third-order valence-electron chi connectivity index (χ3n) is 4.18. The van der Waals surface area contributed by atoms with Gasteiger partial charge in [-0.15, -0.1) is 0 Å². The van der Waals surface area contributed by atoms with Crippen LogP contribution in [0.5, 0.6) is 0 Å².